The standard InChI is InChI=1S/C14H13NO2/c1-11-7-8-15(14(17)9-11)10-13(16)12-5-3-2-4-6-12/h2-9H,10H2,1H3. The lowest BCUT2D eigenvalue weighted by Gasteiger charge is -2.05. The van der Waals surface area contributed by atoms with Crippen molar-refractivity contribution >= 4 is 5.78 Å². The van der Waals surface area contributed by atoms with Crippen LogP contribution in [0.15, 0.2) is 53.5 Å². The van der Waals surface area contributed by atoms with Crippen molar-refractivity contribution in [1.82, 2.24) is 4.57 Å². The molecule has 0 fully saturated rings. The Hall–Kier alpha value is -2.16. The molecule has 17 heavy (non-hydrogen) atoms. The van der Waals surface area contributed by atoms with Crippen molar-refractivity contribution in [3.63, 3.8) is 0 Å². The van der Waals surface area contributed by atoms with Gasteiger partial charge in [0.2, 0.25) is 0 Å². The highest BCUT2D eigenvalue weighted by atomic mass is 16.1. The maximum absolute atomic E-state index is 11.9. The predicted molar refractivity (Wildman–Crippen MR) is 66.2 cm³/mol. The van der Waals surface area contributed by atoms with E-state index in [1.165, 1.54) is 10.6 Å². The number of hydrogen-bond acceptors (Lipinski definition) is 2. The van der Waals surface area contributed by atoms with Crippen LogP contribution in [-0.4, -0.2) is 10.4 Å². The highest BCUT2D eigenvalue weighted by Crippen LogP contribution is 2.01. The van der Waals surface area contributed by atoms with E-state index >= 15 is 0 Å². The van der Waals surface area contributed by atoms with Crippen LogP contribution in [-0.2, 0) is 6.54 Å². The molecule has 0 radical (unpaired) electrons. The van der Waals surface area contributed by atoms with Gasteiger partial charge in [-0.05, 0) is 18.6 Å². The third-order valence-electron chi connectivity index (χ3n) is 2.56. The van der Waals surface area contributed by atoms with Crippen molar-refractivity contribution in [3.8, 4) is 0 Å². The molecule has 0 aliphatic rings. The summed E-state index contributed by atoms with van der Waals surface area (Å²) in [7, 11) is 0. The lowest BCUT2D eigenvalue weighted by molar-refractivity contribution is 0.0971. The zero-order chi connectivity index (χ0) is 12.3. The fourth-order valence-electron chi connectivity index (χ4n) is 1.61. The first-order valence-corrected chi connectivity index (χ1v) is 5.42. The van der Waals surface area contributed by atoms with Gasteiger partial charge in [0.1, 0.15) is 0 Å². The molecule has 0 saturated carbocycles. The second-order valence-corrected chi connectivity index (χ2v) is 3.96. The SMILES string of the molecule is Cc1ccn(CC(=O)c2ccccc2)c(=O)c1. The van der Waals surface area contributed by atoms with E-state index in [0.29, 0.717) is 5.56 Å². The third kappa shape index (κ3) is 2.69. The van der Waals surface area contributed by atoms with Gasteiger partial charge in [-0.2, -0.15) is 0 Å². The molecule has 1 aromatic carbocycles. The molecule has 2 aromatic rings. The molecule has 1 heterocycles. The van der Waals surface area contributed by atoms with Crippen LogP contribution in [0.4, 0.5) is 0 Å². The zero-order valence-corrected chi connectivity index (χ0v) is 9.59. The fraction of sp³-hybridized carbons (Fsp3) is 0.143. The van der Waals surface area contributed by atoms with E-state index in [9.17, 15) is 9.59 Å². The van der Waals surface area contributed by atoms with Gasteiger partial charge in [-0.3, -0.25) is 9.59 Å². The lowest BCUT2D eigenvalue weighted by atomic mass is 10.1. The van der Waals surface area contributed by atoms with Gasteiger partial charge in [-0.15, -0.1) is 0 Å². The minimum absolute atomic E-state index is 0.0587. The van der Waals surface area contributed by atoms with Gasteiger partial charge in [0.25, 0.3) is 5.56 Å². The van der Waals surface area contributed by atoms with Crippen LogP contribution in [0.25, 0.3) is 0 Å². The summed E-state index contributed by atoms with van der Waals surface area (Å²) < 4.78 is 1.42. The number of Topliss-reactive ketones (excluding diaryl/α,β-unsaturated/α-hetero) is 1. The van der Waals surface area contributed by atoms with E-state index in [0.717, 1.165) is 5.56 Å². The van der Waals surface area contributed by atoms with Crippen LogP contribution in [0.1, 0.15) is 15.9 Å². The zero-order valence-electron chi connectivity index (χ0n) is 9.59. The summed E-state index contributed by atoms with van der Waals surface area (Å²) in [6.45, 7) is 1.94. The number of nitrogens with zero attached hydrogens (tertiary/aromatic N) is 1. The van der Waals surface area contributed by atoms with Gasteiger partial charge in [0.15, 0.2) is 5.78 Å². The minimum atomic E-state index is -0.144. The topological polar surface area (TPSA) is 39.1 Å². The van der Waals surface area contributed by atoms with Crippen molar-refractivity contribution in [2.45, 2.75) is 13.5 Å². The van der Waals surface area contributed by atoms with E-state index in [4.69, 9.17) is 0 Å². The molecular formula is C14H13NO2. The van der Waals surface area contributed by atoms with E-state index < -0.39 is 0 Å². The molecule has 0 amide bonds. The number of pyridine rings is 1. The van der Waals surface area contributed by atoms with Crippen molar-refractivity contribution in [2.24, 2.45) is 0 Å². The molecule has 0 bridgehead atoms. The summed E-state index contributed by atoms with van der Waals surface area (Å²) in [6, 6.07) is 12.3. The van der Waals surface area contributed by atoms with Crippen molar-refractivity contribution in [2.75, 3.05) is 0 Å². The molecule has 1 aromatic heterocycles. The molecule has 86 valence electrons. The van der Waals surface area contributed by atoms with Gasteiger partial charge < -0.3 is 4.57 Å². The number of hydrogen-bond donors (Lipinski definition) is 0. The Labute approximate surface area is 99.3 Å². The molecule has 0 aliphatic heterocycles. The van der Waals surface area contributed by atoms with Gasteiger partial charge in [-0.1, -0.05) is 30.3 Å². The number of rotatable bonds is 3. The molecule has 0 N–H and O–H groups in total. The van der Waals surface area contributed by atoms with Crippen LogP contribution in [0, 0.1) is 6.92 Å². The molecule has 0 saturated heterocycles. The minimum Gasteiger partial charge on any atom is -0.308 e. The van der Waals surface area contributed by atoms with E-state index in [2.05, 4.69) is 0 Å². The van der Waals surface area contributed by atoms with Gasteiger partial charge in [0.05, 0.1) is 6.54 Å². The maximum atomic E-state index is 11.9. The normalized spacial score (nSPS) is 10.2. The quantitative estimate of drug-likeness (QED) is 0.753. The predicted octanol–water partition coefficient (Wildman–Crippen LogP) is 2.04. The summed E-state index contributed by atoms with van der Waals surface area (Å²) in [5.41, 5.74) is 1.38. The number of aryl methyl sites for hydroxylation is 1. The summed E-state index contributed by atoms with van der Waals surface area (Å²) in [5, 5.41) is 0. The largest absolute Gasteiger partial charge is 0.308 e. The Morgan fingerprint density at radius 1 is 1.18 bits per heavy atom. The Bertz CT molecular complexity index is 585. The first-order valence-electron chi connectivity index (χ1n) is 5.42. The number of aromatic nitrogens is 1. The first kappa shape index (κ1) is 11.3. The summed E-state index contributed by atoms with van der Waals surface area (Å²) in [6.07, 6.45) is 1.65. The van der Waals surface area contributed by atoms with Gasteiger partial charge in [-0.25, -0.2) is 0 Å². The number of ketones is 1. The average molecular weight is 227 g/mol. The molecule has 0 spiro atoms. The summed E-state index contributed by atoms with van der Waals surface area (Å²) in [4.78, 5) is 23.5. The van der Waals surface area contributed by atoms with Gasteiger partial charge >= 0.3 is 0 Å². The van der Waals surface area contributed by atoms with Crippen LogP contribution < -0.4 is 5.56 Å². The highest BCUT2D eigenvalue weighted by Gasteiger charge is 2.06. The number of carbonyl (C=O) groups excluding carboxylic acids is 1. The van der Waals surface area contributed by atoms with E-state index in [1.807, 2.05) is 31.2 Å². The smallest absolute Gasteiger partial charge is 0.251 e. The molecule has 2 rings (SSSR count). The van der Waals surface area contributed by atoms with E-state index in [-0.39, 0.29) is 17.9 Å². The van der Waals surface area contributed by atoms with E-state index in [1.54, 1.807) is 18.3 Å². The molecular weight excluding hydrogens is 214 g/mol. The molecule has 0 aliphatic carbocycles. The van der Waals surface area contributed by atoms with Crippen LogP contribution in [0.5, 0.6) is 0 Å². The fourth-order valence-corrected chi connectivity index (χ4v) is 1.61. The molecule has 3 heteroatoms. The monoisotopic (exact) mass is 227 g/mol. The molecule has 3 nitrogen and oxygen atoms in total. The Morgan fingerprint density at radius 3 is 2.53 bits per heavy atom. The summed E-state index contributed by atoms with van der Waals surface area (Å²) >= 11 is 0. The average Bonchev–Trinajstić information content (AvgIpc) is 2.34. The van der Waals surface area contributed by atoms with Crippen molar-refractivity contribution in [1.29, 1.82) is 0 Å². The molecule has 0 atom stereocenters. The second-order valence-electron chi connectivity index (χ2n) is 3.96. The Morgan fingerprint density at radius 2 is 1.88 bits per heavy atom. The number of carbonyl (C=O) groups is 1. The van der Waals surface area contributed by atoms with Crippen LogP contribution in [0.2, 0.25) is 0 Å². The maximum Gasteiger partial charge on any atom is 0.251 e. The first-order chi connectivity index (χ1) is 8.16. The van der Waals surface area contributed by atoms with Crippen LogP contribution in [0.3, 0.4) is 0 Å². The lowest BCUT2D eigenvalue weighted by Crippen LogP contribution is -2.23. The summed E-state index contributed by atoms with van der Waals surface area (Å²) in [5.74, 6) is -0.0587. The van der Waals surface area contributed by atoms with Gasteiger partial charge in [0, 0.05) is 17.8 Å². The highest BCUT2D eigenvalue weighted by molar-refractivity contribution is 5.95. The van der Waals surface area contributed by atoms with Crippen molar-refractivity contribution in [3.05, 3.63) is 70.1 Å². The molecule has 0 unspecified atom stereocenters. The van der Waals surface area contributed by atoms with Crippen molar-refractivity contribution < 1.29 is 4.79 Å². The Balaban J connectivity index is 2.22. The third-order valence-corrected chi connectivity index (χ3v) is 2.56. The second kappa shape index (κ2) is 4.78. The van der Waals surface area contributed by atoms with Crippen LogP contribution >= 0.6 is 0 Å². The number of benzene rings is 1. The Kier molecular flexibility index (Phi) is 3.19.